The van der Waals surface area contributed by atoms with Crippen LogP contribution < -0.4 is 154 Å². The number of nitrogens with zero attached hydrogens (tertiary/aromatic N) is 7. The normalized spacial score (nSPS) is 12.8. The van der Waals surface area contributed by atoms with Gasteiger partial charge in [-0.25, -0.2) is 36.4 Å². The van der Waals surface area contributed by atoms with Crippen LogP contribution in [0.15, 0.2) is 82.4 Å². The third-order valence-corrected chi connectivity index (χ3v) is 14.7. The average molecular weight is 1490 g/mol. The van der Waals surface area contributed by atoms with Crippen LogP contribution >= 0.6 is 88.3 Å². The molecule has 0 aliphatic heterocycles. The van der Waals surface area contributed by atoms with Crippen molar-refractivity contribution in [3.8, 4) is 0 Å². The fourth-order valence-electron chi connectivity index (χ4n) is 8.07. The molecule has 2 atom stereocenters. The fraction of sp³-hybridized carbons (Fsp3) is 0.370. The van der Waals surface area contributed by atoms with Crippen molar-refractivity contribution in [2.45, 2.75) is 76.1 Å². The molecular formula is C46H55Cl6Cs2FN8O9P2S2. The predicted molar refractivity (Wildman–Crippen MR) is 304 cm³/mol. The van der Waals surface area contributed by atoms with Gasteiger partial charge in [0.15, 0.2) is 0 Å². The summed E-state index contributed by atoms with van der Waals surface area (Å²) >= 11 is 30.5. The third-order valence-electron chi connectivity index (χ3n) is 11.3. The Morgan fingerprint density at radius 1 is 0.763 bits per heavy atom. The summed E-state index contributed by atoms with van der Waals surface area (Å²) in [5.41, 5.74) is 6.32. The largest absolute Gasteiger partial charge is 1.00 e. The summed E-state index contributed by atoms with van der Waals surface area (Å²) in [6.07, 6.45) is 7.55. The van der Waals surface area contributed by atoms with Gasteiger partial charge in [-0.3, -0.25) is 22.9 Å². The molecule has 76 heavy (non-hydrogen) atoms. The van der Waals surface area contributed by atoms with Crippen LogP contribution in [-0.2, 0) is 54.9 Å². The molecule has 0 amide bonds. The number of benzene rings is 4. The zero-order chi connectivity index (χ0) is 54.5. The predicted octanol–water partition coefficient (Wildman–Crippen LogP) is 3.67. The van der Waals surface area contributed by atoms with E-state index in [1.165, 1.54) is 12.5 Å². The molecule has 4 aromatic carbocycles. The maximum atomic E-state index is 13.4. The number of sulfone groups is 2. The maximum absolute atomic E-state index is 13.4. The van der Waals surface area contributed by atoms with Crippen molar-refractivity contribution >= 4 is 159 Å². The minimum atomic E-state index is -3.08. The monoisotopic (exact) mass is 1480 g/mol. The molecular weight excluding hydrogens is 1430 g/mol. The standard InChI is InChI=1S/C22H22Cl2N4O3S.C12H14Cl2N2O2S.C10H9ClN2O.CH3F.CH2O3.ClH.2Cs.H4P2.H/c1-32(30,31)11-3-10-26-18-9-6-14(23)12-17(18)25-20(26)13-27-19-5-2-4-16(24)21(19)28(22(27)29)15-7-8-15;1-19(17,18)6-2-5-16-11-4-3-9(14)7-10(11)15-12(16)8-13;11-7-2-1-3-8-9(7)13(6-4-5-6)10(14)12-8;1-2;2-1-4-3;;;;1-2;/h2,4-6,9,12,15H,3,7-8,10-11,13H2,1H3;3-4,7H,2,5-6,8H2,1H3;1-3,6H,4-5H2,(H,12,14);1H3;1,3H;1H;;;1-2H2;/q;;;;;;2*+1;;-1/p-1/i;;;1D;;;;;;. The van der Waals surface area contributed by atoms with Crippen molar-refractivity contribution in [1.29, 1.82) is 0 Å². The minimum absolute atomic E-state index is 0. The van der Waals surface area contributed by atoms with E-state index in [0.717, 1.165) is 70.1 Å². The van der Waals surface area contributed by atoms with E-state index in [-0.39, 0.29) is 199 Å². The van der Waals surface area contributed by atoms with E-state index < -0.39 is 26.8 Å². The van der Waals surface area contributed by atoms with Crippen molar-refractivity contribution in [2.24, 2.45) is 0 Å². The Bertz CT molecular complexity index is 3590. The van der Waals surface area contributed by atoms with Gasteiger partial charge in [-0.05, 0) is 99.2 Å². The number of rotatable bonds is 14. The number of carbonyl (C=O) groups is 1. The Hall–Kier alpha value is 0.324. The number of fused-ring (bicyclic) bond motifs is 4. The first kappa shape index (κ1) is 70.6. The van der Waals surface area contributed by atoms with Gasteiger partial charge in [-0.2, -0.15) is 0 Å². The van der Waals surface area contributed by atoms with Crippen LogP contribution in [0.25, 0.3) is 44.1 Å². The molecule has 10 rings (SSSR count). The molecule has 0 spiro atoms. The van der Waals surface area contributed by atoms with Crippen LogP contribution in [0.4, 0.5) is 4.39 Å². The molecule has 4 heterocycles. The van der Waals surface area contributed by atoms with Gasteiger partial charge in [0.25, 0.3) is 6.47 Å². The van der Waals surface area contributed by atoms with E-state index in [9.17, 15) is 30.8 Å². The zero-order valence-electron chi connectivity index (χ0n) is 43.8. The van der Waals surface area contributed by atoms with E-state index in [1.54, 1.807) is 44.0 Å². The second-order valence-corrected chi connectivity index (χ2v) is 23.1. The second-order valence-electron chi connectivity index (χ2n) is 16.7. The molecule has 2 fully saturated rings. The van der Waals surface area contributed by atoms with Crippen molar-refractivity contribution in [1.82, 2.24) is 37.8 Å². The summed E-state index contributed by atoms with van der Waals surface area (Å²) in [5, 5.41) is 10.8. The molecule has 0 saturated heterocycles. The van der Waals surface area contributed by atoms with Crippen LogP contribution in [-0.4, -0.2) is 92.3 Å². The third kappa shape index (κ3) is 20.0. The van der Waals surface area contributed by atoms with Crippen LogP contribution in [0.5, 0.6) is 0 Å². The maximum Gasteiger partial charge on any atom is 1.00 e. The van der Waals surface area contributed by atoms with Crippen molar-refractivity contribution in [3.63, 3.8) is 0 Å². The minimum Gasteiger partial charge on any atom is -1.00 e. The van der Waals surface area contributed by atoms with E-state index in [4.69, 9.17) is 74.4 Å². The van der Waals surface area contributed by atoms with E-state index >= 15 is 0 Å². The Balaban J connectivity index is 0.000000566. The quantitative estimate of drug-likeness (QED) is 0.0545. The average Bonchev–Trinajstić information content (AvgIpc) is 4.26. The number of H-pyrrole nitrogens is 1. The van der Waals surface area contributed by atoms with Crippen molar-refractivity contribution in [2.75, 3.05) is 31.2 Å². The number of hydrogen-bond acceptors (Lipinski definition) is 11. The number of hydrogen-bond donors (Lipinski definition) is 1. The Morgan fingerprint density at radius 3 is 1.67 bits per heavy atom. The van der Waals surface area contributed by atoms with Crippen LogP contribution in [0.1, 0.15) is 65.1 Å². The number of halogens is 7. The Labute approximate surface area is 595 Å². The molecule has 0 bridgehead atoms. The zero-order valence-corrected chi connectivity index (χ0v) is 62.9. The summed E-state index contributed by atoms with van der Waals surface area (Å²) in [6, 6.07) is 22.5. The van der Waals surface area contributed by atoms with Gasteiger partial charge in [0, 0.05) is 47.7 Å². The van der Waals surface area contributed by atoms with Crippen LogP contribution in [0.2, 0.25) is 20.1 Å². The van der Waals surface area contributed by atoms with Gasteiger partial charge in [0.05, 0.1) is 86.6 Å². The molecule has 8 aromatic rings. The molecule has 1 N–H and O–H groups in total. The molecule has 4 aromatic heterocycles. The van der Waals surface area contributed by atoms with Gasteiger partial charge >= 0.3 is 149 Å². The van der Waals surface area contributed by atoms with Gasteiger partial charge in [0.2, 0.25) is 0 Å². The number of alkyl halides is 2. The van der Waals surface area contributed by atoms with Gasteiger partial charge in [-0.15, -0.1) is 41.9 Å². The smallest absolute Gasteiger partial charge is 1.00 e. The summed E-state index contributed by atoms with van der Waals surface area (Å²) in [4.78, 5) is 48.2. The van der Waals surface area contributed by atoms with Crippen LogP contribution in [0.3, 0.4) is 0 Å². The molecule has 2 aliphatic carbocycles. The van der Waals surface area contributed by atoms with Gasteiger partial charge in [0.1, 0.15) is 31.3 Å². The molecule has 17 nitrogen and oxygen atoms in total. The second kappa shape index (κ2) is 34.2. The first-order valence-electron chi connectivity index (χ1n) is 22.8. The molecule has 2 saturated carbocycles. The number of carbonyl (C=O) groups excluding carboxylic acids is 1. The van der Waals surface area contributed by atoms with E-state index in [1.807, 2.05) is 51.6 Å². The van der Waals surface area contributed by atoms with E-state index in [2.05, 4.69) is 32.7 Å². The topological polar surface area (TPSA) is 218 Å². The van der Waals surface area contributed by atoms with Crippen LogP contribution in [0, 0.1) is 0 Å². The first-order valence-corrected chi connectivity index (χ1v) is 31.0. The summed E-state index contributed by atoms with van der Waals surface area (Å²) < 4.78 is 70.3. The first-order chi connectivity index (χ1) is 35.2. The molecule has 2 aliphatic rings. The number of aromatic amines is 1. The number of aromatic nitrogens is 8. The summed E-state index contributed by atoms with van der Waals surface area (Å²) in [7, 11) is -2.35. The van der Waals surface area contributed by atoms with E-state index in [0.29, 0.717) is 63.4 Å². The van der Waals surface area contributed by atoms with Gasteiger partial charge < -0.3 is 25.7 Å². The SMILES string of the molecule is CS(=O)(=O)CCCn1c(CCl)nc2cc(Cl)ccc21.CS(=O)(=O)CCCn1c(Cn2c(=O)n(C3CC3)c3c(Cl)cccc32)nc2cc(Cl)ccc21.Cl.O=CO[O-].O=c1[nH]c2cccc(Cl)c2n1C1CC1.PP.[2H]CF.[Cs+].[Cs+].[H-]. The van der Waals surface area contributed by atoms with Gasteiger partial charge in [-0.1, -0.05) is 58.5 Å². The molecule has 0 radical (unpaired) electrons. The molecule has 30 heteroatoms. The number of aryl methyl sites for hydroxylation is 2. The molecule has 2 unspecified atom stereocenters. The summed E-state index contributed by atoms with van der Waals surface area (Å²) in [5.74, 6) is 1.92. The van der Waals surface area contributed by atoms with Crippen molar-refractivity contribution < 1.29 is 177 Å². The van der Waals surface area contributed by atoms with Crippen molar-refractivity contribution in [3.05, 3.63) is 126 Å². The number of imidazole rings is 4. The Kier molecular flexibility index (Phi) is 31.8. The number of para-hydroxylation sites is 2. The Morgan fingerprint density at radius 2 is 1.21 bits per heavy atom. The summed E-state index contributed by atoms with van der Waals surface area (Å²) in [6.45, 7) is 1.12. The fourth-order valence-corrected chi connectivity index (χ4v) is 10.4. The molecule has 406 valence electrons. The number of nitrogens with one attached hydrogen (secondary N) is 1.